The topological polar surface area (TPSA) is 29.1 Å². The fourth-order valence-corrected chi connectivity index (χ4v) is 2.62. The Bertz CT molecular complexity index is 661. The highest BCUT2D eigenvalue weighted by molar-refractivity contribution is 8.00. The van der Waals surface area contributed by atoms with Crippen LogP contribution < -0.4 is 5.32 Å². The van der Waals surface area contributed by atoms with Crippen molar-refractivity contribution in [1.82, 2.24) is 5.32 Å². The van der Waals surface area contributed by atoms with Crippen molar-refractivity contribution in [3.05, 3.63) is 65.5 Å². The Morgan fingerprint density at radius 2 is 1.73 bits per heavy atom. The number of rotatable bonds is 5. The Kier molecular flexibility index (Phi) is 5.49. The van der Waals surface area contributed by atoms with Crippen LogP contribution in [0, 0.1) is 17.5 Å². The summed E-state index contributed by atoms with van der Waals surface area (Å²) >= 11 is 0.922. The van der Waals surface area contributed by atoms with E-state index in [2.05, 4.69) is 5.32 Å². The second-order valence-corrected chi connectivity index (χ2v) is 5.72. The molecule has 0 spiro atoms. The van der Waals surface area contributed by atoms with Crippen molar-refractivity contribution in [3.63, 3.8) is 0 Å². The number of benzene rings is 2. The first kappa shape index (κ1) is 16.4. The third-order valence-electron chi connectivity index (χ3n) is 3.00. The molecule has 0 saturated heterocycles. The van der Waals surface area contributed by atoms with Gasteiger partial charge in [0.2, 0.25) is 5.91 Å². The van der Waals surface area contributed by atoms with Crippen molar-refractivity contribution >= 4 is 17.7 Å². The Labute approximate surface area is 130 Å². The van der Waals surface area contributed by atoms with E-state index in [1.807, 2.05) is 0 Å². The highest BCUT2D eigenvalue weighted by Gasteiger charge is 2.12. The summed E-state index contributed by atoms with van der Waals surface area (Å²) in [5.41, 5.74) is 0.761. The van der Waals surface area contributed by atoms with Crippen LogP contribution in [0.25, 0.3) is 0 Å². The van der Waals surface area contributed by atoms with E-state index in [1.54, 1.807) is 19.1 Å². The van der Waals surface area contributed by atoms with Crippen LogP contribution in [0.3, 0.4) is 0 Å². The van der Waals surface area contributed by atoms with Gasteiger partial charge in [-0.05, 0) is 42.8 Å². The molecule has 0 aliphatic heterocycles. The molecule has 2 nitrogen and oxygen atoms in total. The number of nitrogens with one attached hydrogen (secondary N) is 1. The molecule has 22 heavy (non-hydrogen) atoms. The minimum Gasteiger partial charge on any atom is -0.349 e. The zero-order chi connectivity index (χ0) is 16.1. The Balaban J connectivity index is 1.90. The molecule has 1 atom stereocenters. The van der Waals surface area contributed by atoms with Gasteiger partial charge in [-0.15, -0.1) is 11.8 Å². The molecule has 1 amide bonds. The summed E-state index contributed by atoms with van der Waals surface area (Å²) in [6.07, 6.45) is 0. The van der Waals surface area contributed by atoms with Gasteiger partial charge in [-0.3, -0.25) is 4.79 Å². The molecule has 0 bridgehead atoms. The zero-order valence-electron chi connectivity index (χ0n) is 11.8. The molecule has 0 unspecified atom stereocenters. The highest BCUT2D eigenvalue weighted by Crippen LogP contribution is 2.22. The lowest BCUT2D eigenvalue weighted by Crippen LogP contribution is -2.28. The predicted molar refractivity (Wildman–Crippen MR) is 80.0 cm³/mol. The molecule has 116 valence electrons. The molecule has 0 aliphatic rings. The Morgan fingerprint density at radius 1 is 1.09 bits per heavy atom. The molecule has 1 N–H and O–H groups in total. The van der Waals surface area contributed by atoms with Gasteiger partial charge in [-0.25, -0.2) is 13.2 Å². The summed E-state index contributed by atoms with van der Waals surface area (Å²) in [6.45, 7) is 1.76. The molecule has 0 aliphatic carbocycles. The quantitative estimate of drug-likeness (QED) is 0.840. The molecular formula is C16H14F3NOS. The average molecular weight is 325 g/mol. The largest absolute Gasteiger partial charge is 0.349 e. The van der Waals surface area contributed by atoms with Crippen molar-refractivity contribution in [3.8, 4) is 0 Å². The molecule has 0 fully saturated rings. The Hall–Kier alpha value is -1.95. The molecule has 0 heterocycles. The third-order valence-corrected chi connectivity index (χ3v) is 4.03. The molecule has 0 radical (unpaired) electrons. The van der Waals surface area contributed by atoms with Crippen LogP contribution >= 0.6 is 11.8 Å². The predicted octanol–water partition coefficient (Wildman–Crippen LogP) is 4.07. The van der Waals surface area contributed by atoms with Gasteiger partial charge in [0, 0.05) is 4.90 Å². The summed E-state index contributed by atoms with van der Waals surface area (Å²) in [5, 5.41) is 2.72. The van der Waals surface area contributed by atoms with Gasteiger partial charge >= 0.3 is 0 Å². The summed E-state index contributed by atoms with van der Waals surface area (Å²) < 4.78 is 39.3. The van der Waals surface area contributed by atoms with Gasteiger partial charge in [0.25, 0.3) is 0 Å². The number of carbonyl (C=O) groups is 1. The standard InChI is InChI=1S/C16H14F3NOS/c1-10(11-2-4-12(17)5-3-11)20-16(21)9-22-15-8-13(18)6-7-14(15)19/h2-8,10H,9H2,1H3,(H,20,21)/t10-/m0/s1. The number of carbonyl (C=O) groups excluding carboxylic acids is 1. The molecular weight excluding hydrogens is 311 g/mol. The first-order valence-corrected chi connectivity index (χ1v) is 7.57. The van der Waals surface area contributed by atoms with Crippen LogP contribution in [0.1, 0.15) is 18.5 Å². The number of amides is 1. The van der Waals surface area contributed by atoms with E-state index in [4.69, 9.17) is 0 Å². The van der Waals surface area contributed by atoms with Gasteiger partial charge in [0.1, 0.15) is 17.5 Å². The van der Waals surface area contributed by atoms with Crippen LogP contribution in [-0.4, -0.2) is 11.7 Å². The number of hydrogen-bond donors (Lipinski definition) is 1. The van der Waals surface area contributed by atoms with E-state index in [0.717, 1.165) is 35.5 Å². The van der Waals surface area contributed by atoms with E-state index < -0.39 is 11.6 Å². The molecule has 2 aromatic carbocycles. The van der Waals surface area contributed by atoms with Crippen LogP contribution in [0.2, 0.25) is 0 Å². The maximum Gasteiger partial charge on any atom is 0.230 e. The minimum atomic E-state index is -0.564. The smallest absolute Gasteiger partial charge is 0.230 e. The second kappa shape index (κ2) is 7.35. The summed E-state index contributed by atoms with van der Waals surface area (Å²) in [6, 6.07) is 8.60. The van der Waals surface area contributed by atoms with E-state index in [9.17, 15) is 18.0 Å². The van der Waals surface area contributed by atoms with Gasteiger partial charge in [-0.1, -0.05) is 12.1 Å². The average Bonchev–Trinajstić information content (AvgIpc) is 2.49. The summed E-state index contributed by atoms with van der Waals surface area (Å²) in [5.74, 6) is -1.81. The number of halogens is 3. The lowest BCUT2D eigenvalue weighted by atomic mass is 10.1. The first-order chi connectivity index (χ1) is 10.5. The van der Waals surface area contributed by atoms with Crippen LogP contribution in [0.4, 0.5) is 13.2 Å². The molecule has 2 rings (SSSR count). The fraction of sp³-hybridized carbons (Fsp3) is 0.188. The van der Waals surface area contributed by atoms with E-state index in [-0.39, 0.29) is 28.4 Å². The molecule has 2 aromatic rings. The minimum absolute atomic E-state index is 0.0358. The van der Waals surface area contributed by atoms with Crippen LogP contribution in [0.15, 0.2) is 47.4 Å². The summed E-state index contributed by atoms with van der Waals surface area (Å²) in [4.78, 5) is 11.9. The normalized spacial score (nSPS) is 12.0. The molecule has 6 heteroatoms. The van der Waals surface area contributed by atoms with Crippen molar-refractivity contribution in [2.75, 3.05) is 5.75 Å². The molecule has 0 saturated carbocycles. The maximum atomic E-state index is 13.4. The zero-order valence-corrected chi connectivity index (χ0v) is 12.6. The van der Waals surface area contributed by atoms with Crippen molar-refractivity contribution in [2.24, 2.45) is 0 Å². The molecule has 0 aromatic heterocycles. The van der Waals surface area contributed by atoms with Crippen molar-refractivity contribution in [1.29, 1.82) is 0 Å². The van der Waals surface area contributed by atoms with E-state index in [1.165, 1.54) is 12.1 Å². The lowest BCUT2D eigenvalue weighted by Gasteiger charge is -2.14. The Morgan fingerprint density at radius 3 is 2.41 bits per heavy atom. The fourth-order valence-electron chi connectivity index (χ4n) is 1.85. The van der Waals surface area contributed by atoms with Gasteiger partial charge in [-0.2, -0.15) is 0 Å². The first-order valence-electron chi connectivity index (χ1n) is 6.58. The second-order valence-electron chi connectivity index (χ2n) is 4.70. The van der Waals surface area contributed by atoms with Crippen molar-refractivity contribution < 1.29 is 18.0 Å². The maximum absolute atomic E-state index is 13.4. The van der Waals surface area contributed by atoms with Gasteiger partial charge in [0.15, 0.2) is 0 Å². The van der Waals surface area contributed by atoms with Crippen molar-refractivity contribution in [2.45, 2.75) is 17.9 Å². The van der Waals surface area contributed by atoms with Crippen LogP contribution in [-0.2, 0) is 4.79 Å². The van der Waals surface area contributed by atoms with E-state index >= 15 is 0 Å². The lowest BCUT2D eigenvalue weighted by molar-refractivity contribution is -0.119. The van der Waals surface area contributed by atoms with E-state index in [0.29, 0.717) is 0 Å². The number of thioether (sulfide) groups is 1. The van der Waals surface area contributed by atoms with Gasteiger partial charge < -0.3 is 5.32 Å². The van der Waals surface area contributed by atoms with Gasteiger partial charge in [0.05, 0.1) is 11.8 Å². The summed E-state index contributed by atoms with van der Waals surface area (Å²) in [7, 11) is 0. The monoisotopic (exact) mass is 325 g/mol. The highest BCUT2D eigenvalue weighted by atomic mass is 32.2. The third kappa shape index (κ3) is 4.53. The number of hydrogen-bond acceptors (Lipinski definition) is 2. The van der Waals surface area contributed by atoms with Crippen LogP contribution in [0.5, 0.6) is 0 Å². The SMILES string of the molecule is C[C@H](NC(=O)CSc1cc(F)ccc1F)c1ccc(F)cc1.